The first kappa shape index (κ1) is 20.0. The lowest BCUT2D eigenvalue weighted by Crippen LogP contribution is -2.55. The van der Waals surface area contributed by atoms with Gasteiger partial charge in [-0.25, -0.2) is 0 Å². The van der Waals surface area contributed by atoms with Crippen molar-refractivity contribution >= 4 is 11.6 Å². The molecule has 1 heterocycles. The summed E-state index contributed by atoms with van der Waals surface area (Å²) in [7, 11) is 3.31. The third-order valence-electron chi connectivity index (χ3n) is 5.85. The first-order chi connectivity index (χ1) is 14.7. The predicted octanol–water partition coefficient (Wildman–Crippen LogP) is 5.43. The highest BCUT2D eigenvalue weighted by molar-refractivity contribution is 6.03. The zero-order chi connectivity index (χ0) is 20.9. The molecule has 0 radical (unpaired) electrons. The van der Waals surface area contributed by atoms with E-state index in [9.17, 15) is 4.79 Å². The van der Waals surface area contributed by atoms with Crippen molar-refractivity contribution in [2.75, 3.05) is 19.1 Å². The van der Waals surface area contributed by atoms with Crippen LogP contribution >= 0.6 is 0 Å². The van der Waals surface area contributed by atoms with Crippen molar-refractivity contribution in [3.8, 4) is 11.5 Å². The number of hydrogen-bond donors (Lipinski definition) is 0. The SMILES string of the molecule is COc1ccc([C@@H]2[C@@H](CCCc3ccccc3)[14C](=O)N2c2ccc(OC)cc2)cc1. The van der Waals surface area contributed by atoms with Gasteiger partial charge in [-0.05, 0) is 66.8 Å². The van der Waals surface area contributed by atoms with Crippen molar-refractivity contribution in [3.63, 3.8) is 0 Å². The Labute approximate surface area is 178 Å². The molecule has 1 aliphatic heterocycles. The number of β-lactam (4-membered cyclic amide) rings is 1. The second-order valence-electron chi connectivity index (χ2n) is 7.61. The average molecular weight is 403 g/mol. The second-order valence-corrected chi connectivity index (χ2v) is 7.61. The Morgan fingerprint density at radius 3 is 2.03 bits per heavy atom. The van der Waals surface area contributed by atoms with E-state index in [4.69, 9.17) is 9.47 Å². The number of hydrogen-bond acceptors (Lipinski definition) is 3. The Morgan fingerprint density at radius 1 is 0.833 bits per heavy atom. The molecule has 4 heteroatoms. The summed E-state index contributed by atoms with van der Waals surface area (Å²) in [6.07, 6.45) is 2.85. The smallest absolute Gasteiger partial charge is 0.233 e. The molecule has 2 atom stereocenters. The fraction of sp³-hybridized carbons (Fsp3) is 0.269. The number of carbonyl (C=O) groups excluding carboxylic acids is 1. The summed E-state index contributed by atoms with van der Waals surface area (Å²) in [6.45, 7) is 0. The number of anilines is 1. The molecule has 154 valence electrons. The summed E-state index contributed by atoms with van der Waals surface area (Å²) >= 11 is 0. The van der Waals surface area contributed by atoms with E-state index >= 15 is 0 Å². The molecule has 0 spiro atoms. The van der Waals surface area contributed by atoms with E-state index < -0.39 is 0 Å². The molecule has 0 aromatic heterocycles. The van der Waals surface area contributed by atoms with E-state index in [1.807, 2.05) is 47.4 Å². The first-order valence-electron chi connectivity index (χ1n) is 10.4. The second kappa shape index (κ2) is 9.04. The summed E-state index contributed by atoms with van der Waals surface area (Å²) in [5, 5.41) is 0. The number of nitrogens with zero attached hydrogens (tertiary/aromatic N) is 1. The van der Waals surface area contributed by atoms with Gasteiger partial charge >= 0.3 is 0 Å². The van der Waals surface area contributed by atoms with E-state index in [-0.39, 0.29) is 17.9 Å². The number of aryl methyl sites for hydroxylation is 1. The van der Waals surface area contributed by atoms with Crippen LogP contribution in [0.15, 0.2) is 78.9 Å². The largest absolute Gasteiger partial charge is 0.497 e. The topological polar surface area (TPSA) is 38.8 Å². The quantitative estimate of drug-likeness (QED) is 0.471. The van der Waals surface area contributed by atoms with Crippen molar-refractivity contribution in [1.82, 2.24) is 0 Å². The minimum atomic E-state index is -0.00999. The normalized spacial score (nSPS) is 18.1. The summed E-state index contributed by atoms with van der Waals surface area (Å²) < 4.78 is 10.6. The molecule has 3 aromatic carbocycles. The van der Waals surface area contributed by atoms with Crippen LogP contribution in [0.2, 0.25) is 0 Å². The minimum Gasteiger partial charge on any atom is -0.497 e. The van der Waals surface area contributed by atoms with Crippen molar-refractivity contribution in [2.45, 2.75) is 25.3 Å². The monoisotopic (exact) mass is 403 g/mol. The highest BCUT2D eigenvalue weighted by Gasteiger charge is 2.48. The van der Waals surface area contributed by atoms with E-state index in [2.05, 4.69) is 36.4 Å². The van der Waals surface area contributed by atoms with Crippen LogP contribution in [0, 0.1) is 5.92 Å². The molecular weight excluding hydrogens is 376 g/mol. The van der Waals surface area contributed by atoms with Crippen LogP contribution in [-0.2, 0) is 11.2 Å². The zero-order valence-electron chi connectivity index (χ0n) is 17.5. The van der Waals surface area contributed by atoms with Crippen LogP contribution in [0.4, 0.5) is 5.69 Å². The molecule has 3 aromatic rings. The Morgan fingerprint density at radius 2 is 1.43 bits per heavy atom. The van der Waals surface area contributed by atoms with Gasteiger partial charge in [0, 0.05) is 5.69 Å². The number of rotatable bonds is 8. The van der Waals surface area contributed by atoms with Crippen LogP contribution in [0.25, 0.3) is 0 Å². The number of benzene rings is 3. The first-order valence-corrected chi connectivity index (χ1v) is 10.4. The summed E-state index contributed by atoms with van der Waals surface area (Å²) in [5.74, 6) is 1.78. The van der Waals surface area contributed by atoms with Gasteiger partial charge in [0.1, 0.15) is 11.5 Å². The lowest BCUT2D eigenvalue weighted by atomic mass is 9.90. The highest BCUT2D eigenvalue weighted by atomic mass is 16.5. The van der Waals surface area contributed by atoms with Crippen molar-refractivity contribution < 1.29 is 14.3 Å². The van der Waals surface area contributed by atoms with Gasteiger partial charge < -0.3 is 14.4 Å². The van der Waals surface area contributed by atoms with Gasteiger partial charge in [-0.1, -0.05) is 42.5 Å². The van der Waals surface area contributed by atoms with Gasteiger partial charge in [0.2, 0.25) is 5.91 Å². The third kappa shape index (κ3) is 4.04. The van der Waals surface area contributed by atoms with E-state index in [0.29, 0.717) is 0 Å². The van der Waals surface area contributed by atoms with Gasteiger partial charge in [0.25, 0.3) is 0 Å². The molecule has 1 fully saturated rings. The minimum absolute atomic E-state index is 0.00999. The Balaban J connectivity index is 1.54. The van der Waals surface area contributed by atoms with Crippen LogP contribution in [0.5, 0.6) is 11.5 Å². The molecule has 0 aliphatic carbocycles. The predicted molar refractivity (Wildman–Crippen MR) is 119 cm³/mol. The molecule has 30 heavy (non-hydrogen) atoms. The summed E-state index contributed by atoms with van der Waals surface area (Å²) in [6, 6.07) is 26.3. The maximum atomic E-state index is 13.1. The average Bonchev–Trinajstić information content (AvgIpc) is 2.81. The Bertz CT molecular complexity index is 967. The van der Waals surface area contributed by atoms with Gasteiger partial charge in [-0.3, -0.25) is 4.79 Å². The summed E-state index contributed by atoms with van der Waals surface area (Å²) in [5.41, 5.74) is 3.36. The van der Waals surface area contributed by atoms with Gasteiger partial charge in [0.15, 0.2) is 0 Å². The molecule has 0 unspecified atom stereocenters. The molecule has 1 amide bonds. The fourth-order valence-corrected chi connectivity index (χ4v) is 4.21. The molecule has 0 saturated carbocycles. The third-order valence-corrected chi connectivity index (χ3v) is 5.85. The standard InChI is InChI=1S/C26H27NO3/c1-29-22-15-11-20(12-16-22)25-24(10-6-9-19-7-4-3-5-8-19)26(28)27(25)21-13-17-23(30-2)18-14-21/h3-5,7-8,11-18,24-25H,6,9-10H2,1-2H3/t24-,25-/m1/s1/i26+2. The molecule has 0 bridgehead atoms. The van der Waals surface area contributed by atoms with Crippen LogP contribution < -0.4 is 14.4 Å². The van der Waals surface area contributed by atoms with E-state index in [0.717, 1.165) is 42.0 Å². The molecule has 0 N–H and O–H groups in total. The summed E-state index contributed by atoms with van der Waals surface area (Å²) in [4.78, 5) is 15.0. The number of carbonyl (C=O) groups is 1. The number of methoxy groups -OCH3 is 2. The van der Waals surface area contributed by atoms with E-state index in [1.165, 1.54) is 5.56 Å². The zero-order valence-corrected chi connectivity index (χ0v) is 17.5. The van der Waals surface area contributed by atoms with Crippen molar-refractivity contribution in [1.29, 1.82) is 0 Å². The highest BCUT2D eigenvalue weighted by Crippen LogP contribution is 2.46. The van der Waals surface area contributed by atoms with E-state index in [1.54, 1.807) is 14.2 Å². The molecule has 4 rings (SSSR count). The maximum absolute atomic E-state index is 13.1. The molecule has 4 nitrogen and oxygen atoms in total. The van der Waals surface area contributed by atoms with Crippen molar-refractivity contribution in [3.05, 3.63) is 90.0 Å². The maximum Gasteiger partial charge on any atom is 0.233 e. The Kier molecular flexibility index (Phi) is 6.03. The molecule has 1 aliphatic rings. The fourth-order valence-electron chi connectivity index (χ4n) is 4.21. The van der Waals surface area contributed by atoms with Crippen LogP contribution in [-0.4, -0.2) is 20.1 Å². The Hall–Kier alpha value is -3.27. The lowest BCUT2D eigenvalue weighted by Gasteiger charge is -2.47. The van der Waals surface area contributed by atoms with Crippen LogP contribution in [0.3, 0.4) is 0 Å². The number of amides is 1. The lowest BCUT2D eigenvalue weighted by molar-refractivity contribution is -0.130. The van der Waals surface area contributed by atoms with Gasteiger partial charge in [-0.2, -0.15) is 0 Å². The van der Waals surface area contributed by atoms with Crippen molar-refractivity contribution in [2.24, 2.45) is 5.92 Å². The van der Waals surface area contributed by atoms with Gasteiger partial charge in [0.05, 0.1) is 26.2 Å². The molecular formula is C26H27NO3. The van der Waals surface area contributed by atoms with Crippen LogP contribution in [0.1, 0.15) is 30.0 Å². The number of ether oxygens (including phenoxy) is 2. The molecule has 1 saturated heterocycles. The van der Waals surface area contributed by atoms with Gasteiger partial charge in [-0.15, -0.1) is 0 Å².